The molecule has 0 unspecified atom stereocenters. The smallest absolute Gasteiger partial charge is 0.224 e. The Labute approximate surface area is 144 Å². The molecule has 4 heteroatoms. The van der Waals surface area contributed by atoms with E-state index in [2.05, 4.69) is 38.4 Å². The number of allylic oxidation sites excluding steroid dienone is 1. The van der Waals surface area contributed by atoms with Gasteiger partial charge in [-0.25, -0.2) is 4.98 Å². The largest absolute Gasteiger partial charge is 0.354 e. The molecular weight excluding hydrogens is 296 g/mol. The van der Waals surface area contributed by atoms with Crippen LogP contribution in [0.1, 0.15) is 37.8 Å². The van der Waals surface area contributed by atoms with Gasteiger partial charge in [0.15, 0.2) is 0 Å². The van der Waals surface area contributed by atoms with Gasteiger partial charge in [-0.05, 0) is 51.2 Å². The van der Waals surface area contributed by atoms with E-state index >= 15 is 0 Å². The minimum absolute atomic E-state index is 0.712. The summed E-state index contributed by atoms with van der Waals surface area (Å²) in [4.78, 5) is 11.3. The van der Waals surface area contributed by atoms with Crippen LogP contribution in [0.4, 0.5) is 17.5 Å². The lowest BCUT2D eigenvalue weighted by Gasteiger charge is -2.19. The van der Waals surface area contributed by atoms with E-state index in [0.29, 0.717) is 5.95 Å². The Balaban J connectivity index is 1.66. The predicted molar refractivity (Wildman–Crippen MR) is 101 cm³/mol. The first-order chi connectivity index (χ1) is 11.7. The maximum absolute atomic E-state index is 4.68. The van der Waals surface area contributed by atoms with Crippen LogP contribution in [-0.2, 0) is 0 Å². The third-order valence-electron chi connectivity index (χ3n) is 4.44. The molecule has 1 aliphatic carbocycles. The van der Waals surface area contributed by atoms with Gasteiger partial charge in [0.25, 0.3) is 0 Å². The molecule has 0 aliphatic heterocycles. The zero-order valence-corrected chi connectivity index (χ0v) is 14.6. The number of hydrogen-bond acceptors (Lipinski definition) is 4. The fourth-order valence-corrected chi connectivity index (χ4v) is 3.05. The van der Waals surface area contributed by atoms with Crippen molar-refractivity contribution in [3.8, 4) is 0 Å². The average molecular weight is 322 g/mol. The van der Waals surface area contributed by atoms with Crippen LogP contribution in [0, 0.1) is 6.92 Å². The van der Waals surface area contributed by atoms with E-state index in [-0.39, 0.29) is 0 Å². The maximum Gasteiger partial charge on any atom is 0.224 e. The van der Waals surface area contributed by atoms with Crippen molar-refractivity contribution >= 4 is 17.5 Å². The molecule has 3 rings (SSSR count). The minimum Gasteiger partial charge on any atom is -0.354 e. The number of aromatic nitrogens is 2. The third-order valence-corrected chi connectivity index (χ3v) is 4.44. The molecule has 24 heavy (non-hydrogen) atoms. The molecule has 1 aliphatic rings. The van der Waals surface area contributed by atoms with Crippen LogP contribution >= 0.6 is 0 Å². The molecule has 0 saturated heterocycles. The Kier molecular flexibility index (Phi) is 5.47. The normalized spacial score (nSPS) is 14.2. The second-order valence-corrected chi connectivity index (χ2v) is 6.37. The molecule has 1 N–H and O–H groups in total. The Morgan fingerprint density at radius 3 is 2.71 bits per heavy atom. The van der Waals surface area contributed by atoms with Crippen LogP contribution < -0.4 is 10.2 Å². The van der Waals surface area contributed by atoms with Crippen LogP contribution in [0.5, 0.6) is 0 Å². The summed E-state index contributed by atoms with van der Waals surface area (Å²) in [6, 6.07) is 12.3. The van der Waals surface area contributed by atoms with Crippen molar-refractivity contribution in [2.24, 2.45) is 0 Å². The fourth-order valence-electron chi connectivity index (χ4n) is 3.05. The van der Waals surface area contributed by atoms with Gasteiger partial charge in [0.2, 0.25) is 5.95 Å². The summed E-state index contributed by atoms with van der Waals surface area (Å²) < 4.78 is 0. The first-order valence-electron chi connectivity index (χ1n) is 8.78. The van der Waals surface area contributed by atoms with Gasteiger partial charge < -0.3 is 10.2 Å². The van der Waals surface area contributed by atoms with E-state index in [4.69, 9.17) is 0 Å². The fraction of sp³-hybridized carbons (Fsp3) is 0.400. The van der Waals surface area contributed by atoms with Crippen molar-refractivity contribution in [1.29, 1.82) is 0 Å². The van der Waals surface area contributed by atoms with Gasteiger partial charge in [0.1, 0.15) is 5.82 Å². The van der Waals surface area contributed by atoms with Crippen LogP contribution in [-0.4, -0.2) is 23.6 Å². The van der Waals surface area contributed by atoms with E-state index in [1.807, 2.05) is 38.2 Å². The molecule has 4 nitrogen and oxygen atoms in total. The standard InChI is InChI=1S/C20H26N4/c1-16-15-19(24(2)18-11-7-4-8-12-18)23-20(22-16)21-14-13-17-9-5-3-6-10-17/h4,7-9,11-12,15H,3,5-6,10,13-14H2,1-2H3,(H,21,22,23). The van der Waals surface area contributed by atoms with E-state index in [1.165, 1.54) is 25.7 Å². The summed E-state index contributed by atoms with van der Waals surface area (Å²) in [5, 5.41) is 3.39. The van der Waals surface area contributed by atoms with Gasteiger partial charge in [-0.1, -0.05) is 29.8 Å². The highest BCUT2D eigenvalue weighted by atomic mass is 15.2. The Morgan fingerprint density at radius 1 is 1.12 bits per heavy atom. The molecule has 2 aromatic rings. The van der Waals surface area contributed by atoms with Gasteiger partial charge in [0, 0.05) is 31.0 Å². The second-order valence-electron chi connectivity index (χ2n) is 6.37. The number of nitrogens with zero attached hydrogens (tertiary/aromatic N) is 3. The minimum atomic E-state index is 0.712. The molecule has 1 aromatic carbocycles. The highest BCUT2D eigenvalue weighted by Gasteiger charge is 2.09. The summed E-state index contributed by atoms with van der Waals surface area (Å²) in [7, 11) is 2.04. The van der Waals surface area contributed by atoms with Crippen molar-refractivity contribution < 1.29 is 0 Å². The number of nitrogens with one attached hydrogen (secondary N) is 1. The number of benzene rings is 1. The first-order valence-corrected chi connectivity index (χ1v) is 8.78. The van der Waals surface area contributed by atoms with Gasteiger partial charge in [0.05, 0.1) is 0 Å². The Bertz CT molecular complexity index is 694. The molecular formula is C20H26N4. The van der Waals surface area contributed by atoms with E-state index < -0.39 is 0 Å². The molecule has 0 bridgehead atoms. The van der Waals surface area contributed by atoms with Gasteiger partial charge in [-0.2, -0.15) is 4.98 Å². The lowest BCUT2D eigenvalue weighted by molar-refractivity contribution is 0.679. The van der Waals surface area contributed by atoms with Crippen LogP contribution in [0.3, 0.4) is 0 Å². The van der Waals surface area contributed by atoms with E-state index in [9.17, 15) is 0 Å². The molecule has 0 saturated carbocycles. The van der Waals surface area contributed by atoms with Crippen molar-refractivity contribution in [2.45, 2.75) is 39.0 Å². The topological polar surface area (TPSA) is 41.1 Å². The summed E-state index contributed by atoms with van der Waals surface area (Å²) in [5.74, 6) is 1.62. The maximum atomic E-state index is 4.68. The van der Waals surface area contributed by atoms with Crippen molar-refractivity contribution in [3.05, 3.63) is 53.7 Å². The monoisotopic (exact) mass is 322 g/mol. The summed E-state index contributed by atoms with van der Waals surface area (Å²) >= 11 is 0. The Morgan fingerprint density at radius 2 is 1.96 bits per heavy atom. The van der Waals surface area contributed by atoms with Crippen LogP contribution in [0.2, 0.25) is 0 Å². The van der Waals surface area contributed by atoms with Crippen LogP contribution in [0.25, 0.3) is 0 Å². The molecule has 0 atom stereocenters. The molecule has 0 amide bonds. The lowest BCUT2D eigenvalue weighted by Crippen LogP contribution is -2.14. The number of anilines is 3. The molecule has 126 valence electrons. The van der Waals surface area contributed by atoms with Gasteiger partial charge >= 0.3 is 0 Å². The molecule has 0 fully saturated rings. The number of para-hydroxylation sites is 1. The quantitative estimate of drug-likeness (QED) is 0.771. The first kappa shape index (κ1) is 16.5. The summed E-state index contributed by atoms with van der Waals surface area (Å²) in [5.41, 5.74) is 3.67. The van der Waals surface area contributed by atoms with Crippen molar-refractivity contribution in [2.75, 3.05) is 23.8 Å². The zero-order chi connectivity index (χ0) is 16.8. The molecule has 1 aromatic heterocycles. The SMILES string of the molecule is Cc1cc(N(C)c2ccccc2)nc(NCCC2=CCCCC2)n1. The van der Waals surface area contributed by atoms with Gasteiger partial charge in [-0.3, -0.25) is 0 Å². The van der Waals surface area contributed by atoms with Crippen molar-refractivity contribution in [3.63, 3.8) is 0 Å². The predicted octanol–water partition coefficient (Wildman–Crippen LogP) is 4.86. The van der Waals surface area contributed by atoms with E-state index in [0.717, 1.165) is 30.2 Å². The number of hydrogen-bond donors (Lipinski definition) is 1. The number of rotatable bonds is 6. The van der Waals surface area contributed by atoms with Crippen molar-refractivity contribution in [1.82, 2.24) is 9.97 Å². The highest BCUT2D eigenvalue weighted by Crippen LogP contribution is 2.23. The van der Waals surface area contributed by atoms with E-state index in [1.54, 1.807) is 5.57 Å². The summed E-state index contributed by atoms with van der Waals surface area (Å²) in [6.07, 6.45) is 8.64. The van der Waals surface area contributed by atoms with Crippen LogP contribution in [0.15, 0.2) is 48.0 Å². The van der Waals surface area contributed by atoms with Gasteiger partial charge in [-0.15, -0.1) is 0 Å². The zero-order valence-electron chi connectivity index (χ0n) is 14.6. The number of aryl methyl sites for hydroxylation is 1. The highest BCUT2D eigenvalue weighted by molar-refractivity contribution is 5.60. The third kappa shape index (κ3) is 4.34. The molecule has 0 spiro atoms. The average Bonchev–Trinajstić information content (AvgIpc) is 2.62. The Hall–Kier alpha value is -2.36. The second kappa shape index (κ2) is 7.95. The molecule has 1 heterocycles. The summed E-state index contributed by atoms with van der Waals surface area (Å²) in [6.45, 7) is 2.91. The lowest BCUT2D eigenvalue weighted by atomic mass is 9.97. The molecule has 0 radical (unpaired) electrons.